The van der Waals surface area contributed by atoms with Crippen molar-refractivity contribution >= 4 is 11.6 Å². The molecule has 1 fully saturated rings. The number of hydrogen-bond acceptors (Lipinski definition) is 3. The van der Waals surface area contributed by atoms with Gasteiger partial charge in [0.1, 0.15) is 0 Å². The van der Waals surface area contributed by atoms with Crippen molar-refractivity contribution in [2.75, 3.05) is 18.0 Å². The van der Waals surface area contributed by atoms with Gasteiger partial charge < -0.3 is 10.2 Å². The van der Waals surface area contributed by atoms with Gasteiger partial charge in [0.15, 0.2) is 0 Å². The number of nitrogens with zero attached hydrogens (tertiary/aromatic N) is 2. The summed E-state index contributed by atoms with van der Waals surface area (Å²) in [7, 11) is 0. The van der Waals surface area contributed by atoms with Crippen LogP contribution < -0.4 is 10.2 Å². The van der Waals surface area contributed by atoms with Crippen molar-refractivity contribution in [3.8, 4) is 0 Å². The minimum Gasteiger partial charge on any atom is -0.310 e. The van der Waals surface area contributed by atoms with Crippen molar-refractivity contribution in [2.24, 2.45) is 0 Å². The van der Waals surface area contributed by atoms with Gasteiger partial charge in [-0.1, -0.05) is 6.92 Å². The maximum absolute atomic E-state index is 12.2. The lowest BCUT2D eigenvalue weighted by Gasteiger charge is -2.32. The summed E-state index contributed by atoms with van der Waals surface area (Å²) in [6.07, 6.45) is 5.44. The molecule has 86 valence electrons. The number of nitrogens with one attached hydrogen (secondary N) is 1. The van der Waals surface area contributed by atoms with E-state index in [-0.39, 0.29) is 11.9 Å². The van der Waals surface area contributed by atoms with E-state index < -0.39 is 0 Å². The Morgan fingerprint density at radius 2 is 2.50 bits per heavy atom. The molecular formula is C12H17N3O. The average molecular weight is 219 g/mol. The third-order valence-electron chi connectivity index (χ3n) is 2.85. The van der Waals surface area contributed by atoms with Gasteiger partial charge in [0.2, 0.25) is 5.91 Å². The van der Waals surface area contributed by atoms with E-state index in [0.717, 1.165) is 31.6 Å². The predicted octanol–water partition coefficient (Wildman–Crippen LogP) is 1.19. The monoisotopic (exact) mass is 219 g/mol. The number of carbonyl (C=O) groups is 1. The van der Waals surface area contributed by atoms with E-state index in [1.54, 1.807) is 12.4 Å². The average Bonchev–Trinajstić information content (AvgIpc) is 2.33. The fourth-order valence-corrected chi connectivity index (χ4v) is 2.08. The highest BCUT2D eigenvalue weighted by molar-refractivity contribution is 5.97. The number of rotatable bonds is 3. The van der Waals surface area contributed by atoms with Gasteiger partial charge in [0, 0.05) is 12.7 Å². The molecule has 0 spiro atoms. The van der Waals surface area contributed by atoms with Crippen LogP contribution in [0.15, 0.2) is 24.5 Å². The van der Waals surface area contributed by atoms with E-state index in [0.29, 0.717) is 0 Å². The fourth-order valence-electron chi connectivity index (χ4n) is 2.08. The van der Waals surface area contributed by atoms with Crippen LogP contribution in [0.3, 0.4) is 0 Å². The van der Waals surface area contributed by atoms with Gasteiger partial charge in [-0.3, -0.25) is 9.78 Å². The van der Waals surface area contributed by atoms with Crippen molar-refractivity contribution in [1.29, 1.82) is 0 Å². The first-order chi connectivity index (χ1) is 7.83. The first-order valence-electron chi connectivity index (χ1n) is 5.77. The standard InChI is InChI=1S/C12H17N3O/c1-2-14-11-6-4-8-15(12(11)16)10-5-3-7-13-9-10/h3,5,7,9,11,14H,2,4,6,8H2,1H3. The highest BCUT2D eigenvalue weighted by atomic mass is 16.2. The SMILES string of the molecule is CCNC1CCCN(c2cccnc2)C1=O. The molecule has 4 heteroatoms. The molecule has 1 atom stereocenters. The van der Waals surface area contributed by atoms with Crippen molar-refractivity contribution in [2.45, 2.75) is 25.8 Å². The molecule has 1 aliphatic heterocycles. The normalized spacial score (nSPS) is 21.2. The molecule has 1 saturated heterocycles. The second kappa shape index (κ2) is 5.07. The number of pyridine rings is 1. The molecular weight excluding hydrogens is 202 g/mol. The van der Waals surface area contributed by atoms with Crippen LogP contribution in [0.4, 0.5) is 5.69 Å². The van der Waals surface area contributed by atoms with Gasteiger partial charge in [-0.05, 0) is 31.5 Å². The maximum atomic E-state index is 12.2. The number of aromatic nitrogens is 1. The van der Waals surface area contributed by atoms with E-state index in [4.69, 9.17) is 0 Å². The molecule has 0 radical (unpaired) electrons. The third-order valence-corrected chi connectivity index (χ3v) is 2.85. The molecule has 1 aliphatic rings. The number of hydrogen-bond donors (Lipinski definition) is 1. The zero-order valence-electron chi connectivity index (χ0n) is 9.52. The van der Waals surface area contributed by atoms with Crippen LogP contribution in [0.2, 0.25) is 0 Å². The number of likely N-dealkylation sites (N-methyl/N-ethyl adjacent to an activating group) is 1. The van der Waals surface area contributed by atoms with Crippen LogP contribution in [0, 0.1) is 0 Å². The highest BCUT2D eigenvalue weighted by Gasteiger charge is 2.28. The zero-order valence-corrected chi connectivity index (χ0v) is 9.52. The summed E-state index contributed by atoms with van der Waals surface area (Å²) in [5.41, 5.74) is 0.898. The Kier molecular flexibility index (Phi) is 3.51. The van der Waals surface area contributed by atoms with Crippen LogP contribution >= 0.6 is 0 Å². The topological polar surface area (TPSA) is 45.2 Å². The Bertz CT molecular complexity index is 351. The van der Waals surface area contributed by atoms with Crippen molar-refractivity contribution < 1.29 is 4.79 Å². The Balaban J connectivity index is 2.13. The summed E-state index contributed by atoms with van der Waals surface area (Å²) in [6, 6.07) is 3.76. The van der Waals surface area contributed by atoms with Crippen molar-refractivity contribution in [3.05, 3.63) is 24.5 Å². The van der Waals surface area contributed by atoms with E-state index in [9.17, 15) is 4.79 Å². The van der Waals surface area contributed by atoms with E-state index in [2.05, 4.69) is 10.3 Å². The second-order valence-electron chi connectivity index (χ2n) is 3.95. The summed E-state index contributed by atoms with van der Waals surface area (Å²) in [5.74, 6) is 0.168. The molecule has 0 aliphatic carbocycles. The van der Waals surface area contributed by atoms with Gasteiger partial charge in [0.05, 0.1) is 17.9 Å². The van der Waals surface area contributed by atoms with Gasteiger partial charge >= 0.3 is 0 Å². The van der Waals surface area contributed by atoms with Gasteiger partial charge in [0.25, 0.3) is 0 Å². The van der Waals surface area contributed by atoms with Crippen LogP contribution in [-0.4, -0.2) is 30.0 Å². The molecule has 1 amide bonds. The van der Waals surface area contributed by atoms with Crippen LogP contribution in [0.1, 0.15) is 19.8 Å². The largest absolute Gasteiger partial charge is 0.310 e. The predicted molar refractivity (Wildman–Crippen MR) is 63.3 cm³/mol. The summed E-state index contributed by atoms with van der Waals surface area (Å²) in [4.78, 5) is 18.0. The first kappa shape index (κ1) is 11.1. The zero-order chi connectivity index (χ0) is 11.4. The second-order valence-corrected chi connectivity index (χ2v) is 3.95. The number of amides is 1. The molecule has 1 N–H and O–H groups in total. The molecule has 0 bridgehead atoms. The van der Waals surface area contributed by atoms with E-state index in [1.165, 1.54) is 0 Å². The smallest absolute Gasteiger partial charge is 0.244 e. The molecule has 2 heterocycles. The van der Waals surface area contributed by atoms with Crippen molar-refractivity contribution in [1.82, 2.24) is 10.3 Å². The number of carbonyl (C=O) groups excluding carboxylic acids is 1. The summed E-state index contributed by atoms with van der Waals surface area (Å²) >= 11 is 0. The molecule has 16 heavy (non-hydrogen) atoms. The van der Waals surface area contributed by atoms with E-state index >= 15 is 0 Å². The molecule has 0 saturated carbocycles. The lowest BCUT2D eigenvalue weighted by molar-refractivity contribution is -0.121. The highest BCUT2D eigenvalue weighted by Crippen LogP contribution is 2.19. The lowest BCUT2D eigenvalue weighted by Crippen LogP contribution is -2.50. The van der Waals surface area contributed by atoms with Crippen LogP contribution in [-0.2, 0) is 4.79 Å². The summed E-state index contributed by atoms with van der Waals surface area (Å²) in [6.45, 7) is 3.65. The van der Waals surface area contributed by atoms with Crippen LogP contribution in [0.5, 0.6) is 0 Å². The van der Waals surface area contributed by atoms with Crippen molar-refractivity contribution in [3.63, 3.8) is 0 Å². The van der Waals surface area contributed by atoms with Gasteiger partial charge in [-0.2, -0.15) is 0 Å². The minimum atomic E-state index is -0.0287. The molecule has 1 aromatic rings. The first-order valence-corrected chi connectivity index (χ1v) is 5.77. The molecule has 1 aromatic heterocycles. The molecule has 2 rings (SSSR count). The lowest BCUT2D eigenvalue weighted by atomic mass is 10.0. The third kappa shape index (κ3) is 2.22. The molecule has 1 unspecified atom stereocenters. The summed E-state index contributed by atoms with van der Waals surface area (Å²) in [5, 5.41) is 3.22. The van der Waals surface area contributed by atoms with Gasteiger partial charge in [-0.25, -0.2) is 0 Å². The Morgan fingerprint density at radius 1 is 1.62 bits per heavy atom. The molecule has 4 nitrogen and oxygen atoms in total. The van der Waals surface area contributed by atoms with E-state index in [1.807, 2.05) is 24.0 Å². The maximum Gasteiger partial charge on any atom is 0.244 e. The summed E-state index contributed by atoms with van der Waals surface area (Å²) < 4.78 is 0. The quantitative estimate of drug-likeness (QED) is 0.830. The van der Waals surface area contributed by atoms with Crippen LogP contribution in [0.25, 0.3) is 0 Å². The Labute approximate surface area is 95.7 Å². The number of anilines is 1. The Morgan fingerprint density at radius 3 is 3.19 bits per heavy atom. The fraction of sp³-hybridized carbons (Fsp3) is 0.500. The molecule has 0 aromatic carbocycles. The number of piperidine rings is 1. The Hall–Kier alpha value is -1.42. The van der Waals surface area contributed by atoms with Gasteiger partial charge in [-0.15, -0.1) is 0 Å². The minimum absolute atomic E-state index is 0.0287.